The fourth-order valence-corrected chi connectivity index (χ4v) is 1.43. The van der Waals surface area contributed by atoms with E-state index in [1.54, 1.807) is 18.6 Å². The summed E-state index contributed by atoms with van der Waals surface area (Å²) in [6, 6.07) is 0. The van der Waals surface area contributed by atoms with Gasteiger partial charge in [-0.25, -0.2) is 19.9 Å². The lowest BCUT2D eigenvalue weighted by atomic mass is 10.2. The highest BCUT2D eigenvalue weighted by Gasteiger charge is 2.13. The van der Waals surface area contributed by atoms with Crippen LogP contribution in [0.25, 0.3) is 11.4 Å². The number of ether oxygens (including phenoxy) is 1. The van der Waals surface area contributed by atoms with Crippen LogP contribution in [0.15, 0.2) is 18.6 Å². The van der Waals surface area contributed by atoms with Crippen molar-refractivity contribution < 1.29 is 4.74 Å². The van der Waals surface area contributed by atoms with E-state index in [0.29, 0.717) is 17.3 Å². The van der Waals surface area contributed by atoms with Crippen LogP contribution >= 0.6 is 11.6 Å². The van der Waals surface area contributed by atoms with Gasteiger partial charge in [-0.15, -0.1) is 0 Å². The molecule has 0 bridgehead atoms. The summed E-state index contributed by atoms with van der Waals surface area (Å²) < 4.78 is 5.12. The van der Waals surface area contributed by atoms with Gasteiger partial charge < -0.3 is 4.74 Å². The molecule has 5 nitrogen and oxygen atoms in total. The average molecular weight is 237 g/mol. The van der Waals surface area contributed by atoms with Crippen molar-refractivity contribution in [1.82, 2.24) is 19.9 Å². The van der Waals surface area contributed by atoms with Gasteiger partial charge in [-0.2, -0.15) is 0 Å². The second-order valence-corrected chi connectivity index (χ2v) is 3.42. The summed E-state index contributed by atoms with van der Waals surface area (Å²) in [5, 5.41) is 0.174. The Balaban J connectivity index is 2.62. The molecule has 0 amide bonds. The van der Waals surface area contributed by atoms with Crippen molar-refractivity contribution in [2.75, 3.05) is 7.11 Å². The zero-order chi connectivity index (χ0) is 11.5. The van der Waals surface area contributed by atoms with Crippen molar-refractivity contribution in [3.8, 4) is 17.3 Å². The average Bonchev–Trinajstić information content (AvgIpc) is 2.32. The number of halogens is 1. The number of hydrogen-bond donors (Lipinski definition) is 0. The Bertz CT molecular complexity index is 518. The number of rotatable bonds is 2. The summed E-state index contributed by atoms with van der Waals surface area (Å²) in [4.78, 5) is 16.3. The van der Waals surface area contributed by atoms with Gasteiger partial charge in [-0.05, 0) is 24.1 Å². The SMILES string of the molecule is COc1nccnc1-c1nc(Cl)ncc1C. The summed E-state index contributed by atoms with van der Waals surface area (Å²) >= 11 is 5.75. The predicted octanol–water partition coefficient (Wildman–Crippen LogP) is 1.90. The van der Waals surface area contributed by atoms with E-state index < -0.39 is 0 Å². The molecule has 2 heterocycles. The Morgan fingerprint density at radius 1 is 1.12 bits per heavy atom. The van der Waals surface area contributed by atoms with Gasteiger partial charge in [0.25, 0.3) is 0 Å². The van der Waals surface area contributed by atoms with Crippen LogP contribution in [-0.4, -0.2) is 27.0 Å². The first-order valence-electron chi connectivity index (χ1n) is 4.57. The molecule has 0 N–H and O–H groups in total. The number of aryl methyl sites for hydroxylation is 1. The van der Waals surface area contributed by atoms with Gasteiger partial charge in [0.05, 0.1) is 7.11 Å². The highest BCUT2D eigenvalue weighted by Crippen LogP contribution is 2.26. The minimum atomic E-state index is 0.174. The van der Waals surface area contributed by atoms with E-state index >= 15 is 0 Å². The van der Waals surface area contributed by atoms with E-state index in [0.717, 1.165) is 5.56 Å². The molecule has 2 aromatic rings. The van der Waals surface area contributed by atoms with Crippen molar-refractivity contribution >= 4 is 11.6 Å². The molecule has 0 unspecified atom stereocenters. The smallest absolute Gasteiger partial charge is 0.241 e. The maximum atomic E-state index is 5.75. The Hall–Kier alpha value is -1.75. The van der Waals surface area contributed by atoms with Crippen LogP contribution in [0.1, 0.15) is 5.56 Å². The van der Waals surface area contributed by atoms with E-state index in [4.69, 9.17) is 16.3 Å². The molecular formula is C10H9ClN4O. The van der Waals surface area contributed by atoms with Gasteiger partial charge in [0.15, 0.2) is 5.69 Å². The first kappa shape index (κ1) is 10.8. The molecule has 0 aliphatic heterocycles. The van der Waals surface area contributed by atoms with Crippen LogP contribution < -0.4 is 4.74 Å². The van der Waals surface area contributed by atoms with Gasteiger partial charge in [-0.3, -0.25) is 0 Å². The number of aromatic nitrogens is 4. The molecule has 0 atom stereocenters. The van der Waals surface area contributed by atoms with Crippen LogP contribution in [0.4, 0.5) is 0 Å². The molecular weight excluding hydrogens is 228 g/mol. The topological polar surface area (TPSA) is 60.8 Å². The largest absolute Gasteiger partial charge is 0.479 e. The van der Waals surface area contributed by atoms with Crippen molar-refractivity contribution in [2.24, 2.45) is 0 Å². The predicted molar refractivity (Wildman–Crippen MR) is 59.4 cm³/mol. The molecule has 0 fully saturated rings. The third-order valence-electron chi connectivity index (χ3n) is 2.02. The lowest BCUT2D eigenvalue weighted by Gasteiger charge is -2.07. The Kier molecular flexibility index (Phi) is 2.96. The highest BCUT2D eigenvalue weighted by atomic mass is 35.5. The van der Waals surface area contributed by atoms with E-state index in [2.05, 4.69) is 19.9 Å². The Morgan fingerprint density at radius 3 is 2.62 bits per heavy atom. The third kappa shape index (κ3) is 1.94. The molecule has 16 heavy (non-hydrogen) atoms. The zero-order valence-electron chi connectivity index (χ0n) is 8.81. The fourth-order valence-electron chi connectivity index (χ4n) is 1.30. The lowest BCUT2D eigenvalue weighted by Crippen LogP contribution is -1.98. The van der Waals surface area contributed by atoms with E-state index in [1.165, 1.54) is 7.11 Å². The van der Waals surface area contributed by atoms with Crippen molar-refractivity contribution in [2.45, 2.75) is 6.92 Å². The van der Waals surface area contributed by atoms with Gasteiger partial charge >= 0.3 is 0 Å². The standard InChI is InChI=1S/C10H9ClN4O/c1-6-5-14-10(11)15-7(6)8-9(16-2)13-4-3-12-8/h3-5H,1-2H3. The maximum absolute atomic E-state index is 5.75. The van der Waals surface area contributed by atoms with E-state index in [-0.39, 0.29) is 5.28 Å². The van der Waals surface area contributed by atoms with Gasteiger partial charge in [0, 0.05) is 18.6 Å². The van der Waals surface area contributed by atoms with Crippen molar-refractivity contribution in [3.05, 3.63) is 29.4 Å². The Labute approximate surface area is 97.5 Å². The molecule has 0 saturated heterocycles. The number of methoxy groups -OCH3 is 1. The quantitative estimate of drug-likeness (QED) is 0.746. The molecule has 0 spiro atoms. The Morgan fingerprint density at radius 2 is 1.88 bits per heavy atom. The molecule has 0 aliphatic rings. The van der Waals surface area contributed by atoms with Crippen LogP contribution in [0.3, 0.4) is 0 Å². The fraction of sp³-hybridized carbons (Fsp3) is 0.200. The summed E-state index contributed by atoms with van der Waals surface area (Å²) in [5.41, 5.74) is 2.06. The molecule has 0 saturated carbocycles. The molecule has 6 heteroatoms. The summed E-state index contributed by atoms with van der Waals surface area (Å²) in [7, 11) is 1.53. The van der Waals surface area contributed by atoms with Crippen LogP contribution in [-0.2, 0) is 0 Å². The summed E-state index contributed by atoms with van der Waals surface area (Å²) in [6.45, 7) is 1.87. The molecule has 0 aromatic carbocycles. The van der Waals surface area contributed by atoms with Crippen LogP contribution in [0.5, 0.6) is 5.88 Å². The van der Waals surface area contributed by atoms with Gasteiger partial charge in [-0.1, -0.05) is 0 Å². The van der Waals surface area contributed by atoms with Crippen molar-refractivity contribution in [1.29, 1.82) is 0 Å². The monoisotopic (exact) mass is 236 g/mol. The van der Waals surface area contributed by atoms with Crippen LogP contribution in [0, 0.1) is 6.92 Å². The first-order valence-corrected chi connectivity index (χ1v) is 4.94. The minimum absolute atomic E-state index is 0.174. The maximum Gasteiger partial charge on any atom is 0.241 e. The van der Waals surface area contributed by atoms with Gasteiger partial charge in [0.1, 0.15) is 5.69 Å². The molecule has 2 aromatic heterocycles. The first-order chi connectivity index (χ1) is 7.72. The summed E-state index contributed by atoms with van der Waals surface area (Å²) in [5.74, 6) is 0.417. The highest BCUT2D eigenvalue weighted by molar-refractivity contribution is 6.28. The third-order valence-corrected chi connectivity index (χ3v) is 2.21. The second-order valence-electron chi connectivity index (χ2n) is 3.08. The van der Waals surface area contributed by atoms with E-state index in [9.17, 15) is 0 Å². The van der Waals surface area contributed by atoms with Crippen LogP contribution in [0.2, 0.25) is 5.28 Å². The molecule has 2 rings (SSSR count). The number of nitrogens with zero attached hydrogens (tertiary/aromatic N) is 4. The van der Waals surface area contributed by atoms with E-state index in [1.807, 2.05) is 6.92 Å². The molecule has 82 valence electrons. The number of hydrogen-bond acceptors (Lipinski definition) is 5. The lowest BCUT2D eigenvalue weighted by molar-refractivity contribution is 0.397. The second kappa shape index (κ2) is 4.40. The summed E-state index contributed by atoms with van der Waals surface area (Å²) in [6.07, 6.45) is 4.77. The van der Waals surface area contributed by atoms with Gasteiger partial charge in [0.2, 0.25) is 11.2 Å². The normalized spacial score (nSPS) is 10.2. The zero-order valence-corrected chi connectivity index (χ0v) is 9.56. The minimum Gasteiger partial charge on any atom is -0.479 e. The molecule has 0 radical (unpaired) electrons. The molecule has 0 aliphatic carbocycles. The van der Waals surface area contributed by atoms with Crippen molar-refractivity contribution in [3.63, 3.8) is 0 Å².